The first-order chi connectivity index (χ1) is 9.22. The molecule has 4 heteroatoms. The molecule has 1 aromatic heterocycles. The van der Waals surface area contributed by atoms with Crippen LogP contribution in [0, 0.1) is 6.92 Å². The molecule has 102 valence electrons. The number of nitrogens with one attached hydrogen (secondary N) is 1. The van der Waals surface area contributed by atoms with Crippen LogP contribution in [-0.2, 0) is 13.1 Å². The molecule has 0 bridgehead atoms. The number of nitrogens with zero attached hydrogens (tertiary/aromatic N) is 2. The number of ether oxygens (including phenoxy) is 1. The van der Waals surface area contributed by atoms with Gasteiger partial charge in [0.1, 0.15) is 5.75 Å². The van der Waals surface area contributed by atoms with Gasteiger partial charge in [-0.25, -0.2) is 0 Å². The molecular formula is C15H21N3O. The number of aromatic nitrogens is 2. The van der Waals surface area contributed by atoms with Crippen LogP contribution >= 0.6 is 0 Å². The second-order valence-electron chi connectivity index (χ2n) is 4.67. The minimum absolute atomic E-state index is 0.790. The Labute approximate surface area is 114 Å². The van der Waals surface area contributed by atoms with Gasteiger partial charge in [0.25, 0.3) is 0 Å². The molecule has 0 saturated carbocycles. The van der Waals surface area contributed by atoms with Gasteiger partial charge in [-0.05, 0) is 37.6 Å². The average molecular weight is 259 g/mol. The van der Waals surface area contributed by atoms with Crippen molar-refractivity contribution in [3.05, 3.63) is 41.7 Å². The van der Waals surface area contributed by atoms with Crippen LogP contribution in [0.15, 0.2) is 30.6 Å². The van der Waals surface area contributed by atoms with Gasteiger partial charge >= 0.3 is 0 Å². The zero-order valence-electron chi connectivity index (χ0n) is 11.8. The quantitative estimate of drug-likeness (QED) is 0.866. The molecule has 0 atom stereocenters. The maximum Gasteiger partial charge on any atom is 0.165 e. The van der Waals surface area contributed by atoms with Gasteiger partial charge in [-0.1, -0.05) is 19.1 Å². The monoisotopic (exact) mass is 259 g/mol. The molecule has 0 aliphatic rings. The fourth-order valence-corrected chi connectivity index (χ4v) is 2.02. The second kappa shape index (κ2) is 6.38. The first-order valence-corrected chi connectivity index (χ1v) is 6.67. The lowest BCUT2D eigenvalue weighted by molar-refractivity contribution is 0.476. The summed E-state index contributed by atoms with van der Waals surface area (Å²) in [6.45, 7) is 5.98. The predicted molar refractivity (Wildman–Crippen MR) is 76.5 cm³/mol. The highest BCUT2D eigenvalue weighted by Crippen LogP contribution is 2.25. The average Bonchev–Trinajstić information content (AvgIpc) is 2.81. The van der Waals surface area contributed by atoms with Crippen molar-refractivity contribution in [2.24, 2.45) is 0 Å². The second-order valence-corrected chi connectivity index (χ2v) is 4.67. The Kier molecular flexibility index (Phi) is 4.58. The van der Waals surface area contributed by atoms with Crippen molar-refractivity contribution < 1.29 is 4.74 Å². The molecule has 1 aromatic carbocycles. The maximum atomic E-state index is 5.87. The Hall–Kier alpha value is -1.81. The van der Waals surface area contributed by atoms with E-state index in [1.54, 1.807) is 6.20 Å². The van der Waals surface area contributed by atoms with Crippen LogP contribution in [0.3, 0.4) is 0 Å². The van der Waals surface area contributed by atoms with E-state index in [1.807, 2.05) is 24.0 Å². The zero-order valence-corrected chi connectivity index (χ0v) is 11.8. The molecule has 4 nitrogen and oxygen atoms in total. The van der Waals surface area contributed by atoms with Gasteiger partial charge < -0.3 is 10.1 Å². The van der Waals surface area contributed by atoms with E-state index in [9.17, 15) is 0 Å². The molecule has 0 unspecified atom stereocenters. The minimum Gasteiger partial charge on any atom is -0.454 e. The van der Waals surface area contributed by atoms with Crippen LogP contribution in [-0.4, -0.2) is 16.8 Å². The number of rotatable bonds is 6. The van der Waals surface area contributed by atoms with E-state index in [0.717, 1.165) is 36.6 Å². The van der Waals surface area contributed by atoms with E-state index in [0.29, 0.717) is 0 Å². The molecule has 0 saturated heterocycles. The molecule has 2 aromatic rings. The molecule has 1 heterocycles. The zero-order chi connectivity index (χ0) is 13.7. The molecule has 0 aliphatic carbocycles. The van der Waals surface area contributed by atoms with Gasteiger partial charge in [-0.3, -0.25) is 4.68 Å². The Balaban J connectivity index is 2.09. The fraction of sp³-hybridized carbons (Fsp3) is 0.400. The van der Waals surface area contributed by atoms with Crippen LogP contribution in [0.1, 0.15) is 24.5 Å². The summed E-state index contributed by atoms with van der Waals surface area (Å²) in [6, 6.07) is 6.23. The molecule has 0 fully saturated rings. The molecule has 2 rings (SSSR count). The maximum absolute atomic E-state index is 5.87. The molecule has 0 amide bonds. The highest BCUT2D eigenvalue weighted by molar-refractivity contribution is 5.38. The number of hydrogen-bond donors (Lipinski definition) is 1. The van der Waals surface area contributed by atoms with Crippen LogP contribution in [0.4, 0.5) is 0 Å². The summed E-state index contributed by atoms with van der Waals surface area (Å²) in [7, 11) is 1.95. The van der Waals surface area contributed by atoms with Crippen molar-refractivity contribution in [2.75, 3.05) is 7.05 Å². The third-order valence-electron chi connectivity index (χ3n) is 2.91. The smallest absolute Gasteiger partial charge is 0.165 e. The van der Waals surface area contributed by atoms with Gasteiger partial charge in [0.2, 0.25) is 0 Å². The highest BCUT2D eigenvalue weighted by Gasteiger charge is 2.05. The summed E-state index contributed by atoms with van der Waals surface area (Å²) in [5.41, 5.74) is 2.39. The van der Waals surface area contributed by atoms with Gasteiger partial charge in [-0.2, -0.15) is 5.10 Å². The number of benzene rings is 1. The van der Waals surface area contributed by atoms with Crippen LogP contribution < -0.4 is 10.1 Å². The van der Waals surface area contributed by atoms with Gasteiger partial charge in [-0.15, -0.1) is 0 Å². The summed E-state index contributed by atoms with van der Waals surface area (Å²) in [6.07, 6.45) is 4.76. The Morgan fingerprint density at radius 1 is 1.37 bits per heavy atom. The van der Waals surface area contributed by atoms with E-state index in [-0.39, 0.29) is 0 Å². The van der Waals surface area contributed by atoms with E-state index >= 15 is 0 Å². The third-order valence-corrected chi connectivity index (χ3v) is 2.91. The van der Waals surface area contributed by atoms with Crippen molar-refractivity contribution in [1.29, 1.82) is 0 Å². The standard InChI is InChI=1S/C15H21N3O/c1-4-7-18-11-14(10-17-18)19-15-6-5-13(9-16-3)8-12(15)2/h5-6,8,10-11,16H,4,7,9H2,1-3H3. The first-order valence-electron chi connectivity index (χ1n) is 6.67. The van der Waals surface area contributed by atoms with E-state index in [1.165, 1.54) is 5.56 Å². The highest BCUT2D eigenvalue weighted by atomic mass is 16.5. The lowest BCUT2D eigenvalue weighted by Crippen LogP contribution is -2.05. The van der Waals surface area contributed by atoms with Crippen LogP contribution in [0.25, 0.3) is 0 Å². The van der Waals surface area contributed by atoms with E-state index in [2.05, 4.69) is 36.4 Å². The van der Waals surface area contributed by atoms with E-state index < -0.39 is 0 Å². The summed E-state index contributed by atoms with van der Waals surface area (Å²) in [5.74, 6) is 1.67. The molecule has 0 aliphatic heterocycles. The van der Waals surface area contributed by atoms with Gasteiger partial charge in [0.05, 0.1) is 12.4 Å². The summed E-state index contributed by atoms with van der Waals surface area (Å²) in [5, 5.41) is 7.40. The van der Waals surface area contributed by atoms with Gasteiger partial charge in [0.15, 0.2) is 5.75 Å². The molecule has 0 spiro atoms. The third kappa shape index (κ3) is 3.58. The fourth-order valence-electron chi connectivity index (χ4n) is 2.02. The Morgan fingerprint density at radius 2 is 2.21 bits per heavy atom. The van der Waals surface area contributed by atoms with Crippen molar-refractivity contribution in [3.8, 4) is 11.5 Å². The topological polar surface area (TPSA) is 39.1 Å². The van der Waals surface area contributed by atoms with Crippen molar-refractivity contribution in [3.63, 3.8) is 0 Å². The van der Waals surface area contributed by atoms with Crippen LogP contribution in [0.5, 0.6) is 11.5 Å². The molecule has 19 heavy (non-hydrogen) atoms. The summed E-state index contributed by atoms with van der Waals surface area (Å²) in [4.78, 5) is 0. The molecular weight excluding hydrogens is 238 g/mol. The van der Waals surface area contributed by atoms with Crippen LogP contribution in [0.2, 0.25) is 0 Å². The Bertz CT molecular complexity index is 534. The normalized spacial score (nSPS) is 10.7. The lowest BCUT2D eigenvalue weighted by Gasteiger charge is -2.08. The van der Waals surface area contributed by atoms with Crippen molar-refractivity contribution in [1.82, 2.24) is 15.1 Å². The van der Waals surface area contributed by atoms with E-state index in [4.69, 9.17) is 4.74 Å². The number of hydrogen-bond acceptors (Lipinski definition) is 3. The summed E-state index contributed by atoms with van der Waals surface area (Å²) < 4.78 is 7.77. The minimum atomic E-state index is 0.790. The SMILES string of the molecule is CCCn1cc(Oc2ccc(CNC)cc2C)cn1. The molecule has 1 N–H and O–H groups in total. The first kappa shape index (κ1) is 13.6. The Morgan fingerprint density at radius 3 is 2.89 bits per heavy atom. The number of aryl methyl sites for hydroxylation is 2. The lowest BCUT2D eigenvalue weighted by atomic mass is 10.1. The van der Waals surface area contributed by atoms with Crippen molar-refractivity contribution >= 4 is 0 Å². The summed E-state index contributed by atoms with van der Waals surface area (Å²) >= 11 is 0. The largest absolute Gasteiger partial charge is 0.454 e. The molecule has 0 radical (unpaired) electrons. The van der Waals surface area contributed by atoms with Crippen molar-refractivity contribution in [2.45, 2.75) is 33.4 Å². The van der Waals surface area contributed by atoms with Gasteiger partial charge in [0, 0.05) is 13.1 Å². The predicted octanol–water partition coefficient (Wildman–Crippen LogP) is 3.11.